The molecule has 3 rings (SSSR count). The number of H-pyrrole nitrogens is 1. The predicted molar refractivity (Wildman–Crippen MR) is 83.1 cm³/mol. The number of nitrogens with two attached hydrogens (primary N) is 1. The summed E-state index contributed by atoms with van der Waals surface area (Å²) in [5.41, 5.74) is 8.42. The number of aromatic nitrogens is 2. The number of amides is 1. The number of anilines is 2. The summed E-state index contributed by atoms with van der Waals surface area (Å²) in [7, 11) is 0. The van der Waals surface area contributed by atoms with Crippen molar-refractivity contribution in [3.8, 4) is 0 Å². The van der Waals surface area contributed by atoms with Crippen LogP contribution in [0.1, 0.15) is 49.3 Å². The number of hydrogen-bond acceptors (Lipinski definition) is 3. The average Bonchev–Trinajstić information content (AvgIpc) is 2.85. The van der Waals surface area contributed by atoms with Crippen LogP contribution in [-0.2, 0) is 4.79 Å². The van der Waals surface area contributed by atoms with Gasteiger partial charge in [0.2, 0.25) is 5.91 Å². The van der Waals surface area contributed by atoms with Gasteiger partial charge in [-0.15, -0.1) is 0 Å². The van der Waals surface area contributed by atoms with Crippen LogP contribution in [0.2, 0.25) is 0 Å². The van der Waals surface area contributed by atoms with E-state index in [4.69, 9.17) is 5.73 Å². The summed E-state index contributed by atoms with van der Waals surface area (Å²) < 4.78 is 0. The highest BCUT2D eigenvalue weighted by Crippen LogP contribution is 2.35. The molecule has 0 saturated heterocycles. The lowest BCUT2D eigenvalue weighted by Crippen LogP contribution is -2.19. The summed E-state index contributed by atoms with van der Waals surface area (Å²) in [5.74, 6) is 0.878. The van der Waals surface area contributed by atoms with Crippen LogP contribution >= 0.6 is 0 Å². The van der Waals surface area contributed by atoms with Gasteiger partial charge in [-0.25, -0.2) is 0 Å². The average molecular weight is 284 g/mol. The minimum Gasteiger partial charge on any atom is -0.399 e. The summed E-state index contributed by atoms with van der Waals surface area (Å²) in [6, 6.07) is 9.32. The normalized spacial score (nSPS) is 16.2. The van der Waals surface area contributed by atoms with Gasteiger partial charge in [-0.3, -0.25) is 9.89 Å². The molecule has 21 heavy (non-hydrogen) atoms. The van der Waals surface area contributed by atoms with E-state index in [0.29, 0.717) is 17.4 Å². The molecule has 4 N–H and O–H groups in total. The van der Waals surface area contributed by atoms with Gasteiger partial charge in [0.25, 0.3) is 0 Å². The second-order valence-corrected chi connectivity index (χ2v) is 5.71. The molecule has 0 radical (unpaired) electrons. The molecule has 1 aromatic heterocycles. The van der Waals surface area contributed by atoms with Crippen molar-refractivity contribution in [2.45, 2.75) is 38.0 Å². The van der Waals surface area contributed by atoms with Crippen LogP contribution in [0, 0.1) is 0 Å². The van der Waals surface area contributed by atoms with Crippen LogP contribution < -0.4 is 11.1 Å². The Kier molecular flexibility index (Phi) is 3.64. The Hall–Kier alpha value is -2.30. The molecule has 0 spiro atoms. The highest BCUT2D eigenvalue weighted by atomic mass is 16.1. The zero-order valence-corrected chi connectivity index (χ0v) is 12.1. The van der Waals surface area contributed by atoms with Gasteiger partial charge >= 0.3 is 0 Å². The Balaban J connectivity index is 1.64. The fraction of sp³-hybridized carbons (Fsp3) is 0.375. The van der Waals surface area contributed by atoms with Gasteiger partial charge < -0.3 is 11.1 Å². The minimum atomic E-state index is -0.241. The van der Waals surface area contributed by atoms with Gasteiger partial charge in [-0.05, 0) is 37.5 Å². The number of aromatic amines is 1. The van der Waals surface area contributed by atoms with E-state index in [1.54, 1.807) is 0 Å². The molecule has 1 aliphatic rings. The van der Waals surface area contributed by atoms with E-state index in [-0.39, 0.29) is 11.8 Å². The molecule has 1 fully saturated rings. The smallest absolute Gasteiger partial charge is 0.232 e. The van der Waals surface area contributed by atoms with Crippen molar-refractivity contribution >= 4 is 17.4 Å². The highest BCUT2D eigenvalue weighted by molar-refractivity contribution is 5.94. The molecule has 1 aromatic carbocycles. The summed E-state index contributed by atoms with van der Waals surface area (Å²) >= 11 is 0. The maximum Gasteiger partial charge on any atom is 0.232 e. The zero-order chi connectivity index (χ0) is 14.8. The van der Waals surface area contributed by atoms with E-state index in [1.165, 1.54) is 19.3 Å². The second kappa shape index (κ2) is 5.60. The van der Waals surface area contributed by atoms with E-state index >= 15 is 0 Å². The first-order chi connectivity index (χ1) is 10.1. The standard InChI is InChI=1S/C16H20N4O/c1-10(11-5-7-13(17)8-6-11)16(21)18-15-9-14(19-20-15)12-3-2-4-12/h5-10,12H,2-4,17H2,1H3,(H2,18,19,20,21)/t10-/m1/s1. The summed E-state index contributed by atoms with van der Waals surface area (Å²) in [4.78, 5) is 12.3. The Labute approximate surface area is 123 Å². The van der Waals surface area contributed by atoms with E-state index in [9.17, 15) is 4.79 Å². The Morgan fingerprint density at radius 3 is 2.71 bits per heavy atom. The molecule has 0 unspecified atom stereocenters. The molecule has 5 nitrogen and oxygen atoms in total. The number of nitrogens with one attached hydrogen (secondary N) is 2. The van der Waals surface area contributed by atoms with Crippen LogP contribution in [0.4, 0.5) is 11.5 Å². The number of hydrogen-bond donors (Lipinski definition) is 3. The van der Waals surface area contributed by atoms with Crippen LogP contribution in [-0.4, -0.2) is 16.1 Å². The molecule has 0 bridgehead atoms. The number of carbonyl (C=O) groups excluding carboxylic acids is 1. The summed E-state index contributed by atoms with van der Waals surface area (Å²) in [6.07, 6.45) is 3.69. The van der Waals surface area contributed by atoms with E-state index in [1.807, 2.05) is 37.3 Å². The molecule has 1 heterocycles. The number of nitrogen functional groups attached to an aromatic ring is 1. The molecule has 1 atom stereocenters. The fourth-order valence-electron chi connectivity index (χ4n) is 2.50. The Morgan fingerprint density at radius 1 is 1.38 bits per heavy atom. The molecular weight excluding hydrogens is 264 g/mol. The molecule has 110 valence electrons. The van der Waals surface area contributed by atoms with Crippen LogP contribution in [0.15, 0.2) is 30.3 Å². The van der Waals surface area contributed by atoms with Gasteiger partial charge in [0.15, 0.2) is 5.82 Å². The van der Waals surface area contributed by atoms with Gasteiger partial charge in [0, 0.05) is 23.4 Å². The molecule has 1 amide bonds. The quantitative estimate of drug-likeness (QED) is 0.755. The van der Waals surface area contributed by atoms with Gasteiger partial charge in [-0.2, -0.15) is 5.10 Å². The third-order valence-corrected chi connectivity index (χ3v) is 4.22. The molecular formula is C16H20N4O. The first-order valence-corrected chi connectivity index (χ1v) is 7.35. The van der Waals surface area contributed by atoms with Crippen molar-refractivity contribution in [3.63, 3.8) is 0 Å². The number of rotatable bonds is 4. The van der Waals surface area contributed by atoms with Crippen LogP contribution in [0.25, 0.3) is 0 Å². The zero-order valence-electron chi connectivity index (χ0n) is 12.1. The number of nitrogens with zero attached hydrogens (tertiary/aromatic N) is 1. The van der Waals surface area contributed by atoms with Crippen molar-refractivity contribution < 1.29 is 4.79 Å². The van der Waals surface area contributed by atoms with E-state index in [0.717, 1.165) is 11.3 Å². The molecule has 1 saturated carbocycles. The lowest BCUT2D eigenvalue weighted by Gasteiger charge is -2.23. The molecule has 0 aliphatic heterocycles. The third kappa shape index (κ3) is 2.91. The van der Waals surface area contributed by atoms with Crippen LogP contribution in [0.5, 0.6) is 0 Å². The lowest BCUT2D eigenvalue weighted by molar-refractivity contribution is -0.117. The van der Waals surface area contributed by atoms with Gasteiger partial charge in [0.1, 0.15) is 0 Å². The van der Waals surface area contributed by atoms with Crippen LogP contribution in [0.3, 0.4) is 0 Å². The number of carbonyl (C=O) groups is 1. The van der Waals surface area contributed by atoms with Crippen molar-refractivity contribution in [2.75, 3.05) is 11.1 Å². The molecule has 2 aromatic rings. The topological polar surface area (TPSA) is 83.8 Å². The Bertz CT molecular complexity index is 628. The van der Waals surface area contributed by atoms with E-state index in [2.05, 4.69) is 15.5 Å². The van der Waals surface area contributed by atoms with Crippen molar-refractivity contribution in [1.29, 1.82) is 0 Å². The monoisotopic (exact) mass is 284 g/mol. The summed E-state index contributed by atoms with van der Waals surface area (Å²) in [5, 5.41) is 10.1. The molecule has 1 aliphatic carbocycles. The van der Waals surface area contributed by atoms with Crippen molar-refractivity contribution in [1.82, 2.24) is 10.2 Å². The molecule has 5 heteroatoms. The first kappa shape index (κ1) is 13.7. The minimum absolute atomic E-state index is 0.0635. The Morgan fingerprint density at radius 2 is 2.10 bits per heavy atom. The first-order valence-electron chi connectivity index (χ1n) is 7.35. The van der Waals surface area contributed by atoms with Crippen molar-refractivity contribution in [3.05, 3.63) is 41.6 Å². The largest absolute Gasteiger partial charge is 0.399 e. The van der Waals surface area contributed by atoms with Crippen molar-refractivity contribution in [2.24, 2.45) is 0 Å². The summed E-state index contributed by atoms with van der Waals surface area (Å²) in [6.45, 7) is 1.88. The maximum atomic E-state index is 12.3. The number of benzene rings is 1. The van der Waals surface area contributed by atoms with Gasteiger partial charge in [-0.1, -0.05) is 18.6 Å². The van der Waals surface area contributed by atoms with Gasteiger partial charge in [0.05, 0.1) is 5.92 Å². The highest BCUT2D eigenvalue weighted by Gasteiger charge is 2.22. The van der Waals surface area contributed by atoms with E-state index < -0.39 is 0 Å². The third-order valence-electron chi connectivity index (χ3n) is 4.22. The lowest BCUT2D eigenvalue weighted by atomic mass is 9.83. The SMILES string of the molecule is C[C@@H](C(=O)Nc1cc(C2CCC2)[nH]n1)c1ccc(N)cc1. The predicted octanol–water partition coefficient (Wildman–Crippen LogP) is 3.00. The fourth-order valence-corrected chi connectivity index (χ4v) is 2.50. The maximum absolute atomic E-state index is 12.3. The second-order valence-electron chi connectivity index (χ2n) is 5.71.